The maximum atomic E-state index is 5.67. The number of amidine groups is 1. The van der Waals surface area contributed by atoms with Crippen molar-refractivity contribution in [2.75, 3.05) is 0 Å². The van der Waals surface area contributed by atoms with Gasteiger partial charge in [0.25, 0.3) is 6.02 Å². The first-order valence-electron chi connectivity index (χ1n) is 4.07. The quantitative estimate of drug-likeness (QED) is 0.564. The monoisotopic (exact) mass is 209 g/mol. The Hall–Kier alpha value is -1.55. The van der Waals surface area contributed by atoms with Gasteiger partial charge in [0, 0.05) is 0 Å². The number of benzene rings is 1. The molecule has 1 atom stereocenters. The number of rotatable bonds is 1. The maximum absolute atomic E-state index is 5.67. The smallest absolute Gasteiger partial charge is 0.298 e. The summed E-state index contributed by atoms with van der Waals surface area (Å²) in [5, 5.41) is 2.75. The molecule has 0 spiro atoms. The van der Waals surface area contributed by atoms with Crippen LogP contribution in [-0.4, -0.2) is 18.0 Å². The van der Waals surface area contributed by atoms with E-state index >= 15 is 0 Å². The molecule has 1 N–H and O–H groups in total. The van der Waals surface area contributed by atoms with E-state index in [-0.39, 0.29) is 0 Å². The lowest BCUT2D eigenvalue weighted by Crippen LogP contribution is -2.31. The topological polar surface area (TPSA) is 46.0 Å². The van der Waals surface area contributed by atoms with Crippen molar-refractivity contribution in [2.24, 2.45) is 9.98 Å². The van der Waals surface area contributed by atoms with Gasteiger partial charge >= 0.3 is 0 Å². The van der Waals surface area contributed by atoms with Gasteiger partial charge in [0.1, 0.15) is 5.75 Å². The lowest BCUT2D eigenvalue weighted by molar-refractivity contribution is 0.524. The van der Waals surface area contributed by atoms with Gasteiger partial charge in [-0.15, -0.1) is 0 Å². The number of nitrogens with one attached hydrogen (secondary N) is 1. The van der Waals surface area contributed by atoms with Crippen LogP contribution in [0.1, 0.15) is 0 Å². The fraction of sp³-hybridized carbons (Fsp3) is 0.111. The highest BCUT2D eigenvalue weighted by atomic mass is 35.5. The van der Waals surface area contributed by atoms with E-state index in [9.17, 15) is 0 Å². The van der Waals surface area contributed by atoms with Crippen LogP contribution in [0.25, 0.3) is 0 Å². The van der Waals surface area contributed by atoms with Crippen molar-refractivity contribution in [2.45, 2.75) is 5.62 Å². The van der Waals surface area contributed by atoms with E-state index in [4.69, 9.17) is 16.3 Å². The zero-order chi connectivity index (χ0) is 9.80. The van der Waals surface area contributed by atoms with Gasteiger partial charge in [-0.2, -0.15) is 4.99 Å². The van der Waals surface area contributed by atoms with Crippen LogP contribution >= 0.6 is 11.6 Å². The second-order valence-corrected chi connectivity index (χ2v) is 2.97. The number of nitrogens with zero attached hydrogens (tertiary/aromatic N) is 2. The zero-order valence-corrected chi connectivity index (χ0v) is 7.98. The minimum atomic E-state index is -0.602. The van der Waals surface area contributed by atoms with Gasteiger partial charge in [-0.1, -0.05) is 29.8 Å². The van der Waals surface area contributed by atoms with E-state index in [0.29, 0.717) is 11.8 Å². The highest BCUT2D eigenvalue weighted by Gasteiger charge is 2.08. The molecule has 1 heterocycles. The van der Waals surface area contributed by atoms with Crippen LogP contribution in [0.5, 0.6) is 5.75 Å². The summed E-state index contributed by atoms with van der Waals surface area (Å²) in [6, 6.07) is 9.69. The van der Waals surface area contributed by atoms with Crippen molar-refractivity contribution in [3.63, 3.8) is 0 Å². The molecule has 0 saturated heterocycles. The Balaban J connectivity index is 2.05. The van der Waals surface area contributed by atoms with Crippen molar-refractivity contribution in [1.29, 1.82) is 0 Å². The average molecular weight is 210 g/mol. The summed E-state index contributed by atoms with van der Waals surface area (Å²) in [6.45, 7) is 0. The molecule has 5 heteroatoms. The van der Waals surface area contributed by atoms with Crippen LogP contribution in [0.2, 0.25) is 0 Å². The van der Waals surface area contributed by atoms with Crippen LogP contribution in [-0.2, 0) is 0 Å². The first kappa shape index (κ1) is 9.02. The molecule has 0 fully saturated rings. The van der Waals surface area contributed by atoms with Crippen LogP contribution in [0.4, 0.5) is 0 Å². The third-order valence-corrected chi connectivity index (χ3v) is 1.78. The molecule has 0 radical (unpaired) electrons. The Morgan fingerprint density at radius 3 is 2.79 bits per heavy atom. The molecule has 0 saturated carbocycles. The van der Waals surface area contributed by atoms with Gasteiger partial charge in [0.2, 0.25) is 5.62 Å². The van der Waals surface area contributed by atoms with E-state index < -0.39 is 5.62 Å². The van der Waals surface area contributed by atoms with Gasteiger partial charge < -0.3 is 10.1 Å². The van der Waals surface area contributed by atoms with E-state index in [1.165, 1.54) is 6.34 Å². The molecule has 0 aliphatic carbocycles. The Bertz CT molecular complexity index is 364. The predicted molar refractivity (Wildman–Crippen MR) is 55.8 cm³/mol. The first-order valence-corrected chi connectivity index (χ1v) is 4.51. The largest absolute Gasteiger partial charge is 0.426 e. The molecule has 1 aliphatic rings. The highest BCUT2D eigenvalue weighted by molar-refractivity contribution is 6.21. The summed E-state index contributed by atoms with van der Waals surface area (Å²) < 4.78 is 5.39. The van der Waals surface area contributed by atoms with Gasteiger partial charge in [-0.05, 0) is 12.1 Å². The fourth-order valence-corrected chi connectivity index (χ4v) is 1.12. The lowest BCUT2D eigenvalue weighted by Gasteiger charge is -2.12. The van der Waals surface area contributed by atoms with Gasteiger partial charge in [-0.3, -0.25) is 0 Å². The predicted octanol–water partition coefficient (Wildman–Crippen LogP) is 1.58. The van der Waals surface area contributed by atoms with Crippen molar-refractivity contribution in [3.8, 4) is 5.75 Å². The van der Waals surface area contributed by atoms with E-state index in [1.54, 1.807) is 0 Å². The zero-order valence-electron chi connectivity index (χ0n) is 7.22. The Morgan fingerprint density at radius 1 is 1.29 bits per heavy atom. The molecule has 1 aromatic carbocycles. The second kappa shape index (κ2) is 4.11. The third-order valence-electron chi connectivity index (χ3n) is 1.57. The molecular weight excluding hydrogens is 202 g/mol. The highest BCUT2D eigenvalue weighted by Crippen LogP contribution is 2.10. The van der Waals surface area contributed by atoms with Crippen LogP contribution in [0.3, 0.4) is 0 Å². The number of para-hydroxylation sites is 1. The van der Waals surface area contributed by atoms with Gasteiger partial charge in [0.05, 0.1) is 6.34 Å². The molecule has 2 rings (SSSR count). The molecular formula is C9H8ClN3O. The van der Waals surface area contributed by atoms with Crippen molar-refractivity contribution in [1.82, 2.24) is 5.32 Å². The SMILES string of the molecule is ClC1N=CNC(Oc2ccccc2)=N1. The molecule has 1 aliphatic heterocycles. The molecule has 4 nitrogen and oxygen atoms in total. The summed E-state index contributed by atoms with van der Waals surface area (Å²) in [6.07, 6.45) is 1.46. The number of ether oxygens (including phenoxy) is 1. The molecule has 1 unspecified atom stereocenters. The molecule has 72 valence electrons. The summed E-state index contributed by atoms with van der Waals surface area (Å²) in [7, 11) is 0. The first-order chi connectivity index (χ1) is 6.84. The summed E-state index contributed by atoms with van der Waals surface area (Å²) in [4.78, 5) is 7.71. The summed E-state index contributed by atoms with van der Waals surface area (Å²) in [5.74, 6) is 0.706. The number of aliphatic imine (C=N–C) groups is 2. The van der Waals surface area contributed by atoms with E-state index in [0.717, 1.165) is 0 Å². The molecule has 0 bridgehead atoms. The van der Waals surface area contributed by atoms with E-state index in [2.05, 4.69) is 15.3 Å². The van der Waals surface area contributed by atoms with Crippen molar-refractivity contribution >= 4 is 24.0 Å². The number of hydrogen-bond acceptors (Lipinski definition) is 4. The minimum Gasteiger partial charge on any atom is -0.426 e. The van der Waals surface area contributed by atoms with E-state index in [1.807, 2.05) is 30.3 Å². The fourth-order valence-electron chi connectivity index (χ4n) is 0.977. The lowest BCUT2D eigenvalue weighted by atomic mass is 10.3. The summed E-state index contributed by atoms with van der Waals surface area (Å²) in [5.41, 5.74) is -0.602. The molecule has 1 aromatic rings. The third kappa shape index (κ3) is 2.23. The van der Waals surface area contributed by atoms with Crippen molar-refractivity contribution < 1.29 is 4.74 Å². The molecule has 0 aromatic heterocycles. The van der Waals surface area contributed by atoms with Crippen molar-refractivity contribution in [3.05, 3.63) is 30.3 Å². The molecule has 14 heavy (non-hydrogen) atoms. The normalized spacial score (nSPS) is 19.8. The number of alkyl halides is 1. The number of hydrogen-bond donors (Lipinski definition) is 1. The average Bonchev–Trinajstić information content (AvgIpc) is 2.19. The van der Waals surface area contributed by atoms with Gasteiger partial charge in [0.15, 0.2) is 0 Å². The second-order valence-electron chi connectivity index (χ2n) is 2.58. The Morgan fingerprint density at radius 2 is 2.07 bits per heavy atom. The van der Waals surface area contributed by atoms with Crippen LogP contribution in [0, 0.1) is 0 Å². The Kier molecular flexibility index (Phi) is 2.65. The minimum absolute atomic E-state index is 0.353. The van der Waals surface area contributed by atoms with Gasteiger partial charge in [-0.25, -0.2) is 4.99 Å². The number of halogens is 1. The maximum Gasteiger partial charge on any atom is 0.298 e. The van der Waals surface area contributed by atoms with Crippen LogP contribution < -0.4 is 10.1 Å². The van der Waals surface area contributed by atoms with Crippen LogP contribution in [0.15, 0.2) is 40.3 Å². The standard InChI is InChI=1S/C9H8ClN3O/c10-8-11-6-12-9(13-8)14-7-4-2-1-3-5-7/h1-6,8H,(H,11,12,13). The summed E-state index contributed by atoms with van der Waals surface area (Å²) >= 11 is 5.67. The Labute approximate surface area is 86.3 Å². The molecule has 0 amide bonds.